The Balaban J connectivity index is 0.000000167. The van der Waals surface area contributed by atoms with Crippen molar-refractivity contribution < 1.29 is 73.3 Å². The monoisotopic (exact) mass is 1810 g/mol. The van der Waals surface area contributed by atoms with Crippen molar-refractivity contribution in [1.82, 2.24) is 48.6 Å². The van der Waals surface area contributed by atoms with E-state index in [1.54, 1.807) is 44.0 Å². The summed E-state index contributed by atoms with van der Waals surface area (Å²) in [5, 5.41) is 28.8. The first kappa shape index (κ1) is 93.9. The van der Waals surface area contributed by atoms with Crippen molar-refractivity contribution >= 4 is 80.5 Å². The fourth-order valence-electron chi connectivity index (χ4n) is 14.0. The molecule has 0 bridgehead atoms. The number of fused-ring (bicyclic) bond motifs is 4. The van der Waals surface area contributed by atoms with Crippen molar-refractivity contribution in [3.63, 3.8) is 0 Å². The molecule has 4 aliphatic heterocycles. The van der Waals surface area contributed by atoms with Gasteiger partial charge in [0.15, 0.2) is 9.92 Å². The van der Waals surface area contributed by atoms with Crippen LogP contribution >= 0.6 is 15.9 Å². The molecule has 0 saturated heterocycles. The van der Waals surface area contributed by atoms with Crippen LogP contribution in [-0.2, 0) is 80.2 Å². The molecule has 0 saturated carbocycles. The average Bonchev–Trinajstić information content (AvgIpc) is 1.26. The lowest BCUT2D eigenvalue weighted by molar-refractivity contribution is 0.0165. The second-order valence-electron chi connectivity index (χ2n) is 31.3. The Labute approximate surface area is 720 Å². The molecule has 658 valence electrons. The van der Waals surface area contributed by atoms with Gasteiger partial charge in [-0.05, 0) is 144 Å². The van der Waals surface area contributed by atoms with Gasteiger partial charge in [0.1, 0.15) is 98.4 Å². The van der Waals surface area contributed by atoms with E-state index in [0.717, 1.165) is 50.4 Å². The fourth-order valence-corrected chi connectivity index (χ4v) is 18.0. The normalized spacial score (nSPS) is 17.3. The van der Waals surface area contributed by atoms with Crippen molar-refractivity contribution in [3.8, 4) is 23.5 Å². The lowest BCUT2D eigenvalue weighted by Crippen LogP contribution is -2.36. The van der Waals surface area contributed by atoms with E-state index in [9.17, 15) is 35.4 Å². The van der Waals surface area contributed by atoms with E-state index in [0.29, 0.717) is 78.2 Å². The molecule has 122 heavy (non-hydrogen) atoms. The summed E-state index contributed by atoms with van der Waals surface area (Å²) in [5.41, 5.74) is 13.5. The van der Waals surface area contributed by atoms with Gasteiger partial charge < -0.3 is 54.3 Å². The zero-order valence-electron chi connectivity index (χ0n) is 71.3. The lowest BCUT2D eigenvalue weighted by Gasteiger charge is -2.32. The van der Waals surface area contributed by atoms with Crippen LogP contribution in [0.2, 0.25) is 0 Å². The first-order chi connectivity index (χ1) is 57.8. The molecule has 14 rings (SSSR count). The number of benzene rings is 6. The predicted octanol–water partition coefficient (Wildman–Crippen LogP) is 16.0. The van der Waals surface area contributed by atoms with Crippen LogP contribution in [0.1, 0.15) is 169 Å². The van der Waals surface area contributed by atoms with Crippen LogP contribution < -0.4 is 49.9 Å². The predicted molar refractivity (Wildman–Crippen MR) is 469 cm³/mol. The molecule has 36 heteroatoms. The number of ether oxygens (including phenoxy) is 8. The van der Waals surface area contributed by atoms with Crippen LogP contribution in [0.15, 0.2) is 176 Å². The Morgan fingerprint density at radius 2 is 0.770 bits per heavy atom. The van der Waals surface area contributed by atoms with Gasteiger partial charge in [-0.15, -0.1) is 0 Å². The van der Waals surface area contributed by atoms with Gasteiger partial charge in [-0.2, -0.15) is 24.8 Å². The SMILES string of the molecule is C=S(=O)(NC(=O)Nc1c(C(C)C)cc(F)cc1C(C)C)c1cnn2c1OC[C@@H](OC)C2.CC(C)c1cc(F)cc(C(C)C)c1N.CO[C@@H]1COc2c(Br)cnn2C1.CO[C@@H]1COc2c(S(=N)(=O)NC(=O)Nc3c(C(C)C)cc(F)cc3C(C)C)cnn2C1.CO[C@@H]1COc2c(S(N)(=O)=NC(c3ccccc3)(c3ccccc3)c3ccccc3)cnn2C1. The number of methoxy groups -OCH3 is 4. The number of halogens is 4. The molecule has 0 aliphatic carbocycles. The van der Waals surface area contributed by atoms with Gasteiger partial charge in [0, 0.05) is 45.5 Å². The van der Waals surface area contributed by atoms with Crippen LogP contribution in [0.5, 0.6) is 23.5 Å². The molecule has 0 radical (unpaired) electrons. The number of anilines is 3. The highest BCUT2D eigenvalue weighted by molar-refractivity contribution is 9.10. The molecule has 4 aliphatic rings. The molecule has 0 fully saturated rings. The molecule has 9 N–H and O–H groups in total. The zero-order chi connectivity index (χ0) is 88.9. The molecule has 4 amide bonds. The van der Waals surface area contributed by atoms with Gasteiger partial charge in [0.05, 0.1) is 65.1 Å². The van der Waals surface area contributed by atoms with E-state index < -0.39 is 47.1 Å². The third kappa shape index (κ3) is 22.2. The molecule has 7 atom stereocenters. The van der Waals surface area contributed by atoms with Crippen molar-refractivity contribution in [1.29, 1.82) is 4.78 Å². The maximum atomic E-state index is 14.3. The topological polar surface area (TPSA) is 367 Å². The number of nitrogen functional groups attached to an aromatic ring is 1. The lowest BCUT2D eigenvalue weighted by atomic mass is 9.78. The standard InChI is InChI=1S/C26H26N4O3S.C21H29FN4O4S.C20H28FN5O4S.C12H18FN.C7H9BrN2O2/c1-32-23-18-30-25(33-19-23)24(17-28-30)34(27,31)29-26(20-11-5-2-6-12-20,21-13-7-3-8-14-21)22-15-9-4-10-16-22;1-12(2)16-7-14(22)8-17(13(3)4)19(16)24-21(27)25-31(6,28)18-9-23-26-10-15(29-5)11-30-20(18)26;1-11(2)15-6-13(21)7-16(12(3)4)18(15)24-20(27)25-31(22,28)17-8-23-26-9-14(29-5)10-30-19(17)26;1-7(2)10-5-9(13)6-11(8(3)4)12(10)14;1-11-5-3-10-7(12-4-5)6(8)2-9-10/h2-17,23H,18-19H2,1H3,(H2,27,29,31);7-9,12-13,15H,6,10-11H2,1-5H3,(H2,24,25,27,28);6-8,11-12,14H,9-10H2,1-5H3,(H3,22,24,25,27,28);5-8H,14H2,1-4H3;2,5H,3-4H2,1H3/t23-,34?;15-,31?;14-,31?;;5-/m000.0/s1. The summed E-state index contributed by atoms with van der Waals surface area (Å²) >= 11 is 3.34. The maximum Gasteiger partial charge on any atom is 0.331 e. The van der Waals surface area contributed by atoms with E-state index in [4.69, 9.17) is 57.9 Å². The number of urea groups is 2. The third-order valence-electron chi connectivity index (χ3n) is 20.6. The maximum absolute atomic E-state index is 14.3. The van der Waals surface area contributed by atoms with Gasteiger partial charge in [0.2, 0.25) is 23.5 Å². The van der Waals surface area contributed by atoms with Gasteiger partial charge in [-0.3, -0.25) is 4.72 Å². The number of carbonyl (C=O) groups is 2. The number of hydrogen-bond donors (Lipinski definition) is 7. The molecule has 4 aromatic heterocycles. The molecule has 3 unspecified atom stereocenters. The number of nitrogens with zero attached hydrogens (tertiary/aromatic N) is 9. The van der Waals surface area contributed by atoms with Crippen molar-refractivity contribution in [3.05, 3.63) is 224 Å². The fraction of sp³-hybridized carbons (Fsp3) is 0.407. The quantitative estimate of drug-likeness (QED) is 0.0200. The smallest absolute Gasteiger partial charge is 0.331 e. The Kier molecular flexibility index (Phi) is 31.4. The Morgan fingerprint density at radius 1 is 0.484 bits per heavy atom. The van der Waals surface area contributed by atoms with Crippen LogP contribution in [0, 0.1) is 22.2 Å². The number of aromatic nitrogens is 8. The first-order valence-electron chi connectivity index (χ1n) is 39.7. The number of nitrogens with one attached hydrogen (secondary N) is 5. The van der Waals surface area contributed by atoms with Crippen molar-refractivity contribution in [2.24, 2.45) is 9.50 Å². The second-order valence-corrected chi connectivity index (χ2v) is 37.7. The Hall–Kier alpha value is -10.3. The van der Waals surface area contributed by atoms with E-state index in [-0.39, 0.29) is 111 Å². The van der Waals surface area contributed by atoms with Crippen LogP contribution in [0.3, 0.4) is 0 Å². The van der Waals surface area contributed by atoms with Crippen molar-refractivity contribution in [2.45, 2.75) is 189 Å². The van der Waals surface area contributed by atoms with Gasteiger partial charge in [-0.1, -0.05) is 174 Å². The molecule has 10 aromatic rings. The second kappa shape index (κ2) is 40.8. The molecule has 0 spiro atoms. The number of nitrogens with two attached hydrogens (primary N) is 2. The zero-order valence-corrected chi connectivity index (χ0v) is 75.3. The summed E-state index contributed by atoms with van der Waals surface area (Å²) in [7, 11) is -4.05. The molecule has 6 aromatic carbocycles. The summed E-state index contributed by atoms with van der Waals surface area (Å²) in [6.07, 6.45) is 5.45. The highest BCUT2D eigenvalue weighted by atomic mass is 79.9. The minimum Gasteiger partial charge on any atom is -0.474 e. The van der Waals surface area contributed by atoms with E-state index in [1.807, 2.05) is 174 Å². The number of rotatable bonds is 21. The van der Waals surface area contributed by atoms with Crippen molar-refractivity contribution in [2.75, 3.05) is 71.2 Å². The number of hydrogen-bond acceptors (Lipinski definition) is 20. The highest BCUT2D eigenvalue weighted by Gasteiger charge is 2.40. The van der Waals surface area contributed by atoms with E-state index in [1.165, 1.54) is 64.4 Å². The average molecular weight is 1810 g/mol. The highest BCUT2D eigenvalue weighted by Crippen LogP contribution is 2.44. The van der Waals surface area contributed by atoms with Crippen LogP contribution in [0.4, 0.5) is 39.8 Å². The summed E-state index contributed by atoms with van der Waals surface area (Å²) in [4.78, 5) is 26.0. The van der Waals surface area contributed by atoms with Gasteiger partial charge in [0.25, 0.3) is 0 Å². The summed E-state index contributed by atoms with van der Waals surface area (Å²) in [6.45, 7) is 26.8. The summed E-state index contributed by atoms with van der Waals surface area (Å²) < 4.78 is 151. The summed E-state index contributed by atoms with van der Waals surface area (Å²) in [5.74, 6) is 4.74. The molecular formula is C86H110BrF3N16O13S3. The molecule has 8 heterocycles. The third-order valence-corrected chi connectivity index (χ3v) is 25.4. The minimum absolute atomic E-state index is 0.0236. The van der Waals surface area contributed by atoms with Gasteiger partial charge in [-0.25, -0.2) is 68.8 Å². The number of carbonyl (C=O) groups excluding carboxylic acids is 2. The molecule has 29 nitrogen and oxygen atoms in total. The molecular weight excluding hydrogens is 1700 g/mol. The Morgan fingerprint density at radius 3 is 1.11 bits per heavy atom. The van der Waals surface area contributed by atoms with Crippen LogP contribution in [-0.4, -0.2) is 149 Å². The van der Waals surface area contributed by atoms with Gasteiger partial charge >= 0.3 is 12.1 Å². The van der Waals surface area contributed by atoms with E-state index >= 15 is 0 Å². The van der Waals surface area contributed by atoms with E-state index in [2.05, 4.69) is 62.3 Å². The Bertz CT molecular complexity index is 5290. The first-order valence-corrected chi connectivity index (χ1v) is 45.3. The number of amides is 4. The minimum atomic E-state index is -3.76. The summed E-state index contributed by atoms with van der Waals surface area (Å²) in [6, 6.07) is 36.4. The van der Waals surface area contributed by atoms with Crippen LogP contribution in [0.25, 0.3) is 0 Å². The largest absolute Gasteiger partial charge is 0.474 e.